The van der Waals surface area contributed by atoms with Crippen LogP contribution in [0.4, 0.5) is 5.95 Å². The van der Waals surface area contributed by atoms with Crippen molar-refractivity contribution in [2.24, 2.45) is 22.0 Å². The predicted octanol–water partition coefficient (Wildman–Crippen LogP) is 2.52. The largest absolute Gasteiger partial charge is 0.340 e. The third-order valence-electron chi connectivity index (χ3n) is 6.53. The van der Waals surface area contributed by atoms with E-state index in [1.807, 2.05) is 0 Å². The van der Waals surface area contributed by atoms with Gasteiger partial charge in [-0.05, 0) is 35.6 Å². The van der Waals surface area contributed by atoms with Crippen LogP contribution in [0.5, 0.6) is 0 Å². The van der Waals surface area contributed by atoms with Crippen molar-refractivity contribution in [3.05, 3.63) is 5.82 Å². The van der Waals surface area contributed by atoms with Crippen LogP contribution in [-0.2, 0) is 0 Å². The fraction of sp³-hybridized carbons (Fsp3) is 0.875. The topological polar surface area (TPSA) is 70.8 Å². The minimum atomic E-state index is 0.288. The lowest BCUT2D eigenvalue weighted by Crippen LogP contribution is -2.42. The van der Waals surface area contributed by atoms with Gasteiger partial charge in [-0.15, -0.1) is 5.10 Å². The number of nitrogens with zero attached hydrogens (tertiary/aromatic N) is 3. The van der Waals surface area contributed by atoms with Gasteiger partial charge < -0.3 is 10.6 Å². The molecule has 2 heterocycles. The molecular weight excluding hydrogens is 262 g/mol. The predicted molar refractivity (Wildman–Crippen MR) is 85.3 cm³/mol. The van der Waals surface area contributed by atoms with E-state index in [9.17, 15) is 0 Å². The molecule has 1 saturated heterocycles. The number of aromatic nitrogens is 3. The van der Waals surface area contributed by atoms with Crippen molar-refractivity contribution in [3.8, 4) is 0 Å². The Labute approximate surface area is 127 Å². The second kappa shape index (κ2) is 4.45. The molecule has 3 N–H and O–H groups in total. The van der Waals surface area contributed by atoms with Gasteiger partial charge in [-0.1, -0.05) is 34.6 Å². The molecule has 1 aromatic heterocycles. The smallest absolute Gasteiger partial charge is 0.244 e. The zero-order chi connectivity index (χ0) is 15.5. The Balaban J connectivity index is 1.70. The van der Waals surface area contributed by atoms with Crippen molar-refractivity contribution in [2.75, 3.05) is 24.5 Å². The van der Waals surface area contributed by atoms with Crippen molar-refractivity contribution in [2.45, 2.75) is 53.4 Å². The Kier molecular flexibility index (Phi) is 3.14. The summed E-state index contributed by atoms with van der Waals surface area (Å²) in [6, 6.07) is 0. The summed E-state index contributed by atoms with van der Waals surface area (Å²) in [6.45, 7) is 14.3. The quantitative estimate of drug-likeness (QED) is 0.897. The Morgan fingerprint density at radius 2 is 1.71 bits per heavy atom. The molecule has 1 aromatic rings. The first-order chi connectivity index (χ1) is 9.71. The Hall–Kier alpha value is -1.10. The van der Waals surface area contributed by atoms with Crippen LogP contribution in [0.3, 0.4) is 0 Å². The van der Waals surface area contributed by atoms with Gasteiger partial charge in [0.1, 0.15) is 5.82 Å². The molecule has 21 heavy (non-hydrogen) atoms. The van der Waals surface area contributed by atoms with Crippen LogP contribution >= 0.6 is 0 Å². The molecule has 1 aliphatic carbocycles. The van der Waals surface area contributed by atoms with E-state index in [4.69, 9.17) is 10.7 Å². The van der Waals surface area contributed by atoms with Crippen LogP contribution in [0, 0.1) is 16.2 Å². The summed E-state index contributed by atoms with van der Waals surface area (Å²) in [4.78, 5) is 7.08. The normalized spacial score (nSPS) is 26.9. The summed E-state index contributed by atoms with van der Waals surface area (Å²) < 4.78 is 0. The molecule has 5 nitrogen and oxygen atoms in total. The molecule has 0 aromatic carbocycles. The first kappa shape index (κ1) is 14.8. The number of hydrogen-bond donors (Lipinski definition) is 2. The lowest BCUT2D eigenvalue weighted by molar-refractivity contribution is 0.257. The number of H-pyrrole nitrogens is 1. The molecule has 0 spiro atoms. The SMILES string of the molecule is CC1(CN)CCN(c2n[nH]c(C3C(C)(C)C3(C)C)n2)CC1. The Morgan fingerprint density at radius 3 is 2.19 bits per heavy atom. The lowest BCUT2D eigenvalue weighted by Gasteiger charge is -2.38. The summed E-state index contributed by atoms with van der Waals surface area (Å²) in [5.74, 6) is 2.39. The first-order valence-corrected chi connectivity index (χ1v) is 8.09. The van der Waals surface area contributed by atoms with Crippen molar-refractivity contribution in [1.82, 2.24) is 15.2 Å². The zero-order valence-electron chi connectivity index (χ0n) is 14.0. The number of nitrogens with two attached hydrogens (primary N) is 1. The van der Waals surface area contributed by atoms with Gasteiger partial charge in [-0.2, -0.15) is 4.98 Å². The molecule has 0 atom stereocenters. The average Bonchev–Trinajstić information content (AvgIpc) is 2.78. The van der Waals surface area contributed by atoms with Gasteiger partial charge in [0.2, 0.25) is 5.95 Å². The van der Waals surface area contributed by atoms with Gasteiger partial charge >= 0.3 is 0 Å². The van der Waals surface area contributed by atoms with Crippen LogP contribution in [0.2, 0.25) is 0 Å². The second-order valence-electron chi connectivity index (χ2n) is 8.40. The van der Waals surface area contributed by atoms with E-state index in [0.29, 0.717) is 16.7 Å². The minimum Gasteiger partial charge on any atom is -0.340 e. The van der Waals surface area contributed by atoms with E-state index >= 15 is 0 Å². The molecular formula is C16H29N5. The molecule has 0 radical (unpaired) electrons. The van der Waals surface area contributed by atoms with E-state index in [1.165, 1.54) is 0 Å². The minimum absolute atomic E-state index is 0.288. The van der Waals surface area contributed by atoms with Gasteiger partial charge in [0.15, 0.2) is 0 Å². The Bertz CT molecular complexity index is 509. The molecule has 0 unspecified atom stereocenters. The number of aromatic amines is 1. The zero-order valence-corrected chi connectivity index (χ0v) is 14.0. The fourth-order valence-corrected chi connectivity index (χ4v) is 3.87. The van der Waals surface area contributed by atoms with Gasteiger partial charge in [0, 0.05) is 19.0 Å². The van der Waals surface area contributed by atoms with Gasteiger partial charge in [0.05, 0.1) is 0 Å². The highest BCUT2D eigenvalue weighted by Crippen LogP contribution is 2.73. The number of hydrogen-bond acceptors (Lipinski definition) is 4. The van der Waals surface area contributed by atoms with Crippen LogP contribution in [0.15, 0.2) is 0 Å². The van der Waals surface area contributed by atoms with Crippen LogP contribution < -0.4 is 10.6 Å². The van der Waals surface area contributed by atoms with E-state index in [1.54, 1.807) is 0 Å². The molecule has 5 heteroatoms. The average molecular weight is 291 g/mol. The van der Waals surface area contributed by atoms with E-state index < -0.39 is 0 Å². The number of piperidine rings is 1. The van der Waals surface area contributed by atoms with Gasteiger partial charge in [-0.3, -0.25) is 5.10 Å². The third-order valence-corrected chi connectivity index (χ3v) is 6.53. The molecule has 3 rings (SSSR count). The van der Waals surface area contributed by atoms with E-state index in [-0.39, 0.29) is 5.41 Å². The molecule has 1 saturated carbocycles. The maximum atomic E-state index is 5.88. The maximum Gasteiger partial charge on any atom is 0.244 e. The number of rotatable bonds is 3. The van der Waals surface area contributed by atoms with Crippen LogP contribution in [-0.4, -0.2) is 34.8 Å². The Morgan fingerprint density at radius 1 is 1.14 bits per heavy atom. The number of anilines is 1. The monoisotopic (exact) mass is 291 g/mol. The fourth-order valence-electron chi connectivity index (χ4n) is 3.87. The number of nitrogens with one attached hydrogen (secondary N) is 1. The molecule has 0 bridgehead atoms. The summed E-state index contributed by atoms with van der Waals surface area (Å²) in [5.41, 5.74) is 6.76. The van der Waals surface area contributed by atoms with E-state index in [2.05, 4.69) is 49.7 Å². The molecule has 2 aliphatic rings. The summed E-state index contributed by atoms with van der Waals surface area (Å²) in [5, 5.41) is 7.65. The maximum absolute atomic E-state index is 5.88. The highest BCUT2D eigenvalue weighted by Gasteiger charge is 2.66. The molecule has 118 valence electrons. The highest BCUT2D eigenvalue weighted by atomic mass is 15.4. The second-order valence-corrected chi connectivity index (χ2v) is 8.40. The standard InChI is InChI=1S/C16H29N5/c1-14(2)11(15(14,3)4)12-18-13(20-19-12)21-8-6-16(5,10-17)7-9-21/h11H,6-10,17H2,1-5H3,(H,18,19,20). The van der Waals surface area contributed by atoms with Crippen molar-refractivity contribution >= 4 is 5.95 Å². The van der Waals surface area contributed by atoms with Crippen LogP contribution in [0.1, 0.15) is 59.2 Å². The first-order valence-electron chi connectivity index (χ1n) is 8.09. The lowest BCUT2D eigenvalue weighted by atomic mass is 9.81. The van der Waals surface area contributed by atoms with Crippen molar-refractivity contribution in [3.63, 3.8) is 0 Å². The molecule has 0 amide bonds. The van der Waals surface area contributed by atoms with Gasteiger partial charge in [-0.25, -0.2) is 0 Å². The molecule has 2 fully saturated rings. The van der Waals surface area contributed by atoms with E-state index in [0.717, 1.165) is 44.2 Å². The van der Waals surface area contributed by atoms with Crippen molar-refractivity contribution < 1.29 is 0 Å². The summed E-state index contributed by atoms with van der Waals surface area (Å²) in [7, 11) is 0. The third kappa shape index (κ3) is 2.17. The summed E-state index contributed by atoms with van der Waals surface area (Å²) >= 11 is 0. The van der Waals surface area contributed by atoms with Crippen LogP contribution in [0.25, 0.3) is 0 Å². The highest BCUT2D eigenvalue weighted by molar-refractivity contribution is 5.34. The molecule has 1 aliphatic heterocycles. The van der Waals surface area contributed by atoms with Crippen molar-refractivity contribution in [1.29, 1.82) is 0 Å². The summed E-state index contributed by atoms with van der Waals surface area (Å²) in [6.07, 6.45) is 2.24. The van der Waals surface area contributed by atoms with Gasteiger partial charge in [0.25, 0.3) is 0 Å².